The second-order valence-electron chi connectivity index (χ2n) is 2.95. The van der Waals surface area contributed by atoms with Gasteiger partial charge in [-0.2, -0.15) is 0 Å². The van der Waals surface area contributed by atoms with Gasteiger partial charge in [-0.05, 0) is 12.1 Å². The largest absolute Gasteiger partial charge is 0.473 e. The van der Waals surface area contributed by atoms with Crippen LogP contribution in [-0.4, -0.2) is 11.1 Å². The minimum atomic E-state index is -1.03. The van der Waals surface area contributed by atoms with Gasteiger partial charge in [-0.1, -0.05) is 16.8 Å². The third-order valence-corrected chi connectivity index (χ3v) is 2.10. The number of pyridine rings is 1. The number of aromatic carboxylic acids is 1. The van der Waals surface area contributed by atoms with Crippen molar-refractivity contribution in [3.8, 4) is 0 Å². The predicted molar refractivity (Wildman–Crippen MR) is 51.3 cm³/mol. The summed E-state index contributed by atoms with van der Waals surface area (Å²) in [6.45, 7) is 0. The number of carboxylic acid groups (broad SMARTS) is 1. The maximum absolute atomic E-state index is 10.8. The van der Waals surface area contributed by atoms with Gasteiger partial charge in [-0.25, -0.2) is 10.6 Å². The van der Waals surface area contributed by atoms with Gasteiger partial charge in [-0.3, -0.25) is 0 Å². The number of nitrogens with zero attached hydrogens (tertiary/aromatic N) is 1. The lowest BCUT2D eigenvalue weighted by molar-refractivity contribution is -0.614. The first kappa shape index (κ1) is 8.50. The van der Waals surface area contributed by atoms with E-state index in [2.05, 4.69) is 0 Å². The Morgan fingerprint density at radius 3 is 2.64 bits per heavy atom. The summed E-state index contributed by atoms with van der Waals surface area (Å²) in [5.41, 5.74) is 0.774. The summed E-state index contributed by atoms with van der Waals surface area (Å²) >= 11 is 0. The molecule has 0 saturated carbocycles. The normalized spacial score (nSPS) is 10.3. The molecule has 0 saturated heterocycles. The van der Waals surface area contributed by atoms with E-state index >= 15 is 0 Å². The maximum atomic E-state index is 10.8. The van der Waals surface area contributed by atoms with Crippen LogP contribution in [0.4, 0.5) is 0 Å². The first-order chi connectivity index (χ1) is 6.70. The summed E-state index contributed by atoms with van der Waals surface area (Å²) < 4.78 is 1.18. The van der Waals surface area contributed by atoms with Gasteiger partial charge in [0.15, 0.2) is 0 Å². The highest BCUT2D eigenvalue weighted by atomic mass is 16.4. The zero-order chi connectivity index (χ0) is 10.1. The number of rotatable bonds is 1. The van der Waals surface area contributed by atoms with Crippen molar-refractivity contribution in [1.82, 2.24) is 0 Å². The second-order valence-corrected chi connectivity index (χ2v) is 2.95. The fourth-order valence-corrected chi connectivity index (χ4v) is 1.40. The summed E-state index contributed by atoms with van der Waals surface area (Å²) in [5.74, 6) is 4.63. The third-order valence-electron chi connectivity index (χ3n) is 2.10. The topological polar surface area (TPSA) is 67.2 Å². The molecule has 3 N–H and O–H groups in total. The molecule has 4 nitrogen and oxygen atoms in total. The molecule has 2 rings (SSSR count). The van der Waals surface area contributed by atoms with Crippen molar-refractivity contribution in [3.05, 3.63) is 42.1 Å². The molecule has 0 bridgehead atoms. The Hall–Kier alpha value is -2.10. The summed E-state index contributed by atoms with van der Waals surface area (Å²) in [6, 6.07) is 10.6. The number of para-hydroxylation sites is 1. The highest BCUT2D eigenvalue weighted by Gasteiger charge is 2.18. The molecular formula is C10H9N2O2+. The fourth-order valence-electron chi connectivity index (χ4n) is 1.40. The molecule has 0 amide bonds. The zero-order valence-electron chi connectivity index (χ0n) is 7.34. The molecule has 1 aromatic carbocycles. The van der Waals surface area contributed by atoms with Crippen molar-refractivity contribution in [1.29, 1.82) is 0 Å². The van der Waals surface area contributed by atoms with Crippen molar-refractivity contribution >= 4 is 16.9 Å². The standard InChI is InChI=1S/C10H8N2O2/c11-12-8-4-2-1-3-7(8)5-6-9(12)10(13)14/h1-6H,11H2/p+1. The van der Waals surface area contributed by atoms with Gasteiger partial charge in [0.25, 0.3) is 0 Å². The predicted octanol–water partition coefficient (Wildman–Crippen LogP) is 0.539. The molecule has 0 spiro atoms. The minimum Gasteiger partial charge on any atom is -0.473 e. The van der Waals surface area contributed by atoms with E-state index in [4.69, 9.17) is 10.9 Å². The van der Waals surface area contributed by atoms with Crippen LogP contribution < -0.4 is 10.5 Å². The highest BCUT2D eigenvalue weighted by molar-refractivity contribution is 5.86. The van der Waals surface area contributed by atoms with E-state index in [1.807, 2.05) is 18.2 Å². The van der Waals surface area contributed by atoms with E-state index in [0.717, 1.165) is 5.39 Å². The van der Waals surface area contributed by atoms with Crippen LogP contribution in [0.25, 0.3) is 10.9 Å². The summed E-state index contributed by atoms with van der Waals surface area (Å²) in [4.78, 5) is 10.8. The van der Waals surface area contributed by atoms with E-state index in [9.17, 15) is 4.79 Å². The summed E-state index contributed by atoms with van der Waals surface area (Å²) in [5, 5.41) is 9.74. The number of benzene rings is 1. The minimum absolute atomic E-state index is 0.0729. The quantitative estimate of drug-likeness (QED) is 0.508. The molecule has 70 valence electrons. The van der Waals surface area contributed by atoms with Gasteiger partial charge in [-0.15, -0.1) is 0 Å². The molecule has 0 aliphatic rings. The van der Waals surface area contributed by atoms with Crippen LogP contribution in [0.15, 0.2) is 36.4 Å². The van der Waals surface area contributed by atoms with Crippen LogP contribution in [0.3, 0.4) is 0 Å². The van der Waals surface area contributed by atoms with Crippen LogP contribution in [0, 0.1) is 0 Å². The van der Waals surface area contributed by atoms with Crippen molar-refractivity contribution in [3.63, 3.8) is 0 Å². The Kier molecular flexibility index (Phi) is 1.81. The molecule has 14 heavy (non-hydrogen) atoms. The first-order valence-electron chi connectivity index (χ1n) is 4.12. The van der Waals surface area contributed by atoms with Gasteiger partial charge >= 0.3 is 11.7 Å². The van der Waals surface area contributed by atoms with Gasteiger partial charge < -0.3 is 5.11 Å². The number of nitrogen functional groups attached to an aromatic ring is 1. The molecular weight excluding hydrogens is 180 g/mol. The molecule has 0 atom stereocenters. The Balaban J connectivity index is 2.81. The van der Waals surface area contributed by atoms with Crippen LogP contribution >= 0.6 is 0 Å². The van der Waals surface area contributed by atoms with E-state index in [1.54, 1.807) is 12.1 Å². The maximum Gasteiger partial charge on any atom is 0.404 e. The lowest BCUT2D eigenvalue weighted by Crippen LogP contribution is -2.50. The average molecular weight is 189 g/mol. The Labute approximate surface area is 80.2 Å². The molecule has 0 radical (unpaired) electrons. The number of hydrogen-bond acceptors (Lipinski definition) is 2. The Morgan fingerprint density at radius 2 is 1.93 bits per heavy atom. The van der Waals surface area contributed by atoms with Crippen molar-refractivity contribution < 1.29 is 14.6 Å². The molecule has 0 unspecified atom stereocenters. The summed E-state index contributed by atoms with van der Waals surface area (Å²) in [7, 11) is 0. The van der Waals surface area contributed by atoms with E-state index < -0.39 is 5.97 Å². The molecule has 1 heterocycles. The molecule has 0 fully saturated rings. The number of carboxylic acids is 1. The second kappa shape index (κ2) is 2.99. The third kappa shape index (κ3) is 1.17. The fraction of sp³-hybridized carbons (Fsp3) is 0. The zero-order valence-corrected chi connectivity index (χ0v) is 7.34. The number of aromatic nitrogens is 1. The average Bonchev–Trinajstić information content (AvgIpc) is 2.18. The Morgan fingerprint density at radius 1 is 1.21 bits per heavy atom. The molecule has 0 aliphatic heterocycles. The van der Waals surface area contributed by atoms with Gasteiger partial charge in [0.2, 0.25) is 5.52 Å². The number of nitrogens with two attached hydrogens (primary N) is 1. The van der Waals surface area contributed by atoms with E-state index in [0.29, 0.717) is 5.52 Å². The molecule has 1 aromatic heterocycles. The van der Waals surface area contributed by atoms with Crippen LogP contribution in [0.5, 0.6) is 0 Å². The first-order valence-corrected chi connectivity index (χ1v) is 4.12. The number of carbonyl (C=O) groups is 1. The van der Waals surface area contributed by atoms with E-state index in [-0.39, 0.29) is 5.69 Å². The van der Waals surface area contributed by atoms with Gasteiger partial charge in [0, 0.05) is 17.5 Å². The van der Waals surface area contributed by atoms with Gasteiger partial charge in [0.05, 0.1) is 0 Å². The van der Waals surface area contributed by atoms with Crippen molar-refractivity contribution in [2.75, 3.05) is 5.84 Å². The molecule has 2 aromatic rings. The lowest BCUT2D eigenvalue weighted by atomic mass is 10.2. The lowest BCUT2D eigenvalue weighted by Gasteiger charge is -1.97. The SMILES string of the molecule is N[n+]1c(C(=O)O)ccc2ccccc21. The highest BCUT2D eigenvalue weighted by Crippen LogP contribution is 2.08. The Bertz CT molecular complexity index is 508. The number of hydrogen-bond donors (Lipinski definition) is 2. The monoisotopic (exact) mass is 189 g/mol. The smallest absolute Gasteiger partial charge is 0.404 e. The molecule has 0 aliphatic carbocycles. The van der Waals surface area contributed by atoms with Crippen LogP contribution in [0.2, 0.25) is 0 Å². The van der Waals surface area contributed by atoms with Crippen molar-refractivity contribution in [2.45, 2.75) is 0 Å². The van der Waals surface area contributed by atoms with Crippen LogP contribution in [-0.2, 0) is 0 Å². The van der Waals surface area contributed by atoms with Crippen LogP contribution in [0.1, 0.15) is 10.5 Å². The van der Waals surface area contributed by atoms with Gasteiger partial charge in [0.1, 0.15) is 0 Å². The molecule has 4 heteroatoms. The number of fused-ring (bicyclic) bond motifs is 1. The van der Waals surface area contributed by atoms with Crippen molar-refractivity contribution in [2.24, 2.45) is 0 Å². The van der Waals surface area contributed by atoms with E-state index in [1.165, 1.54) is 10.7 Å². The summed E-state index contributed by atoms with van der Waals surface area (Å²) in [6.07, 6.45) is 0.